The van der Waals surface area contributed by atoms with Crippen LogP contribution in [0.25, 0.3) is 0 Å². The van der Waals surface area contributed by atoms with Crippen LogP contribution in [0.1, 0.15) is 80.3 Å². The number of benzene rings is 3. The number of amides is 2. The molecule has 25 nitrogen and oxygen atoms in total. The zero-order chi connectivity index (χ0) is 59.2. The summed E-state index contributed by atoms with van der Waals surface area (Å²) in [6.45, 7) is 5.45. The molecule has 3 aromatic rings. The van der Waals surface area contributed by atoms with Crippen LogP contribution in [0.15, 0.2) is 84.9 Å². The Labute approximate surface area is 479 Å². The van der Waals surface area contributed by atoms with E-state index in [1.165, 1.54) is 12.1 Å². The van der Waals surface area contributed by atoms with Crippen molar-refractivity contribution in [2.45, 2.75) is 154 Å². The highest BCUT2D eigenvalue weighted by Crippen LogP contribution is 2.40. The minimum Gasteiger partial charge on any atom is -0.463 e. The van der Waals surface area contributed by atoms with Crippen molar-refractivity contribution >= 4 is 69.5 Å². The van der Waals surface area contributed by atoms with Crippen LogP contribution in [0.5, 0.6) is 0 Å². The maximum absolute atomic E-state index is 14.6. The van der Waals surface area contributed by atoms with E-state index in [4.69, 9.17) is 71.1 Å². The third kappa shape index (κ3) is 16.3. The second kappa shape index (κ2) is 29.5. The molecule has 0 bridgehead atoms. The van der Waals surface area contributed by atoms with Gasteiger partial charge >= 0.3 is 41.8 Å². The summed E-state index contributed by atoms with van der Waals surface area (Å²) in [6, 6.07) is 22.8. The zero-order valence-electron chi connectivity index (χ0n) is 45.8. The summed E-state index contributed by atoms with van der Waals surface area (Å²) >= 11 is 3.40. The van der Waals surface area contributed by atoms with Crippen molar-refractivity contribution in [2.24, 2.45) is 0 Å². The molecule has 0 aliphatic carbocycles. The lowest BCUT2D eigenvalue weighted by atomic mass is 9.93. The summed E-state index contributed by atoms with van der Waals surface area (Å²) in [4.78, 5) is 120. The lowest BCUT2D eigenvalue weighted by Crippen LogP contribution is -2.70. The Morgan fingerprint density at radius 2 is 0.829 bits per heavy atom. The van der Waals surface area contributed by atoms with Crippen molar-refractivity contribution in [3.63, 3.8) is 0 Å². The van der Waals surface area contributed by atoms with Gasteiger partial charge in [-0.15, -0.1) is 0 Å². The predicted molar refractivity (Wildman–Crippen MR) is 278 cm³/mol. The van der Waals surface area contributed by atoms with Crippen LogP contribution in [-0.2, 0) is 118 Å². The summed E-state index contributed by atoms with van der Waals surface area (Å²) in [5, 5.41) is 0.286. The molecule has 0 saturated carbocycles. The van der Waals surface area contributed by atoms with Crippen LogP contribution in [0.2, 0.25) is 0 Å². The van der Waals surface area contributed by atoms with Gasteiger partial charge in [0.25, 0.3) is 11.8 Å². The monoisotopic (exact) mass is 1210 g/mol. The number of hydrogen-bond donors (Lipinski definition) is 0. The Hall–Kier alpha value is -6.75. The van der Waals surface area contributed by atoms with Crippen molar-refractivity contribution in [1.29, 1.82) is 0 Å². The number of carbonyl (C=O) groups excluding carboxylic acids is 9. The SMILES string of the molecule is CC(=O)OC[C@H]1O[C@@H](O[C@@H]2[C@H](OC(C)=O)[C@@H](OC(C)=O)[C@H](O[C@H]3[C@H](OCc4ccccc4)[C@H](N4C(=O)c5ccccc5C4=O)[C@@H](OCCBr)O[C@@H]3COCc3ccccc3)O[C@@H]2COC(C)=O)[C@H](OC(C)=O)[C@@H](OC(C)=O)[C@H]1OC(C)=O. The molecule has 3 fully saturated rings. The average Bonchev–Trinajstić information content (AvgIpc) is 2.24. The average molecular weight is 1220 g/mol. The highest BCUT2D eigenvalue weighted by Gasteiger charge is 2.61. The topological polar surface area (TPSA) is 295 Å². The van der Waals surface area contributed by atoms with Crippen LogP contribution in [0.4, 0.5) is 0 Å². The van der Waals surface area contributed by atoms with Crippen molar-refractivity contribution in [3.8, 4) is 0 Å². The van der Waals surface area contributed by atoms with Crippen molar-refractivity contribution in [3.05, 3.63) is 107 Å². The van der Waals surface area contributed by atoms with Gasteiger partial charge in [-0.3, -0.25) is 48.1 Å². The van der Waals surface area contributed by atoms with Gasteiger partial charge < -0.3 is 71.1 Å². The molecule has 0 N–H and O–H groups in total. The van der Waals surface area contributed by atoms with Gasteiger partial charge in [-0.2, -0.15) is 0 Å². The summed E-state index contributed by atoms with van der Waals surface area (Å²) < 4.78 is 92.2. The van der Waals surface area contributed by atoms with E-state index in [-0.39, 0.29) is 42.9 Å². The first-order valence-electron chi connectivity index (χ1n) is 26.1. The number of esters is 7. The van der Waals surface area contributed by atoms with E-state index in [1.54, 1.807) is 42.5 Å². The zero-order valence-corrected chi connectivity index (χ0v) is 47.4. The predicted octanol–water partition coefficient (Wildman–Crippen LogP) is 3.59. The van der Waals surface area contributed by atoms with Crippen LogP contribution < -0.4 is 0 Å². The number of carbonyl (C=O) groups is 9. The van der Waals surface area contributed by atoms with Gasteiger partial charge in [0.15, 0.2) is 49.4 Å². The molecule has 0 radical (unpaired) electrons. The van der Waals surface area contributed by atoms with Crippen molar-refractivity contribution in [2.75, 3.05) is 31.8 Å². The van der Waals surface area contributed by atoms with E-state index in [9.17, 15) is 43.2 Å². The molecule has 4 aliphatic heterocycles. The molecule has 3 saturated heterocycles. The maximum Gasteiger partial charge on any atom is 0.303 e. The lowest BCUT2D eigenvalue weighted by molar-refractivity contribution is -0.378. The number of hydrogen-bond acceptors (Lipinski definition) is 24. The fourth-order valence-electron chi connectivity index (χ4n) is 9.80. The van der Waals surface area contributed by atoms with Gasteiger partial charge in [0.2, 0.25) is 0 Å². The van der Waals surface area contributed by atoms with E-state index in [0.717, 1.165) is 58.9 Å². The molecule has 0 spiro atoms. The number of nitrogens with zero attached hydrogens (tertiary/aromatic N) is 1. The van der Waals surface area contributed by atoms with Crippen LogP contribution in [0.3, 0.4) is 0 Å². The molecule has 4 aliphatic rings. The minimum absolute atomic E-state index is 0.00194. The summed E-state index contributed by atoms with van der Waals surface area (Å²) in [5.74, 6) is -7.92. The number of halogens is 1. The lowest BCUT2D eigenvalue weighted by Gasteiger charge is -2.51. The Bertz CT molecular complexity index is 2700. The molecule has 2 amide bonds. The molecule has 444 valence electrons. The number of ether oxygens (including phenoxy) is 15. The maximum atomic E-state index is 14.6. The molecule has 3 aromatic carbocycles. The fraction of sp³-hybridized carbons (Fsp3) is 0.518. The smallest absolute Gasteiger partial charge is 0.303 e. The third-order valence-electron chi connectivity index (χ3n) is 13.0. The van der Waals surface area contributed by atoms with E-state index in [0.29, 0.717) is 5.56 Å². The first-order valence-corrected chi connectivity index (χ1v) is 27.2. The van der Waals surface area contributed by atoms with Crippen LogP contribution in [-0.4, -0.2) is 182 Å². The third-order valence-corrected chi connectivity index (χ3v) is 13.3. The normalized spacial score (nSPS) is 28.7. The molecule has 15 atom stereocenters. The molecular formula is C56H64BrNO24. The van der Waals surface area contributed by atoms with Gasteiger partial charge in [-0.1, -0.05) is 88.7 Å². The van der Waals surface area contributed by atoms with Gasteiger partial charge in [0.1, 0.15) is 55.9 Å². The van der Waals surface area contributed by atoms with Crippen molar-refractivity contribution in [1.82, 2.24) is 4.90 Å². The quantitative estimate of drug-likeness (QED) is 0.0536. The van der Waals surface area contributed by atoms with Crippen LogP contribution >= 0.6 is 15.9 Å². The van der Waals surface area contributed by atoms with E-state index in [2.05, 4.69) is 15.9 Å². The standard InChI is InChI=1S/C56H64BrNO24/c1-29(59)70-27-41-45(73-31(3)61)48(74-32(4)62)50(76-34(6)64)56(79-41)82-46-42(28-71-30(2)60)80-55(51(77-35(7)65)49(46)75-33(5)63)81-44-40(26-68-24-36-16-10-8-11-17-36)78-54(69-23-22-57)43(47(44)72-25-37-18-12-9-13-19-37)58-52(66)38-20-14-15-21-39(38)53(58)67/h8-21,40-51,54-56H,22-28H2,1-7H3/t40-,41-,42-,43+,44-,45+,46+,47-,48+,49+,50-,51-,54+,55+,56+/m1/s1. The van der Waals surface area contributed by atoms with E-state index < -0.39 is 159 Å². The molecule has 0 unspecified atom stereocenters. The van der Waals surface area contributed by atoms with Gasteiger partial charge in [-0.25, -0.2) is 0 Å². The molecule has 7 rings (SSSR count). The second-order valence-electron chi connectivity index (χ2n) is 19.1. The summed E-state index contributed by atoms with van der Waals surface area (Å²) in [5.41, 5.74) is 1.60. The largest absolute Gasteiger partial charge is 0.463 e. The molecule has 4 heterocycles. The first kappa shape index (κ1) is 62.8. The number of fused-ring (bicyclic) bond motifs is 1. The van der Waals surface area contributed by atoms with E-state index >= 15 is 0 Å². The summed E-state index contributed by atoms with van der Waals surface area (Å²) in [6.07, 6.45) is -23.6. The highest BCUT2D eigenvalue weighted by atomic mass is 79.9. The molecule has 26 heteroatoms. The van der Waals surface area contributed by atoms with Crippen molar-refractivity contribution < 1.29 is 114 Å². The molecule has 82 heavy (non-hydrogen) atoms. The Morgan fingerprint density at radius 3 is 1.29 bits per heavy atom. The number of rotatable bonds is 24. The number of imide groups is 1. The Morgan fingerprint density at radius 1 is 0.439 bits per heavy atom. The first-order chi connectivity index (χ1) is 39.2. The number of alkyl halides is 1. The molecule has 0 aromatic heterocycles. The summed E-state index contributed by atoms with van der Waals surface area (Å²) in [7, 11) is 0. The van der Waals surface area contributed by atoms with Gasteiger partial charge in [-0.05, 0) is 23.3 Å². The fourth-order valence-corrected chi connectivity index (χ4v) is 9.99. The van der Waals surface area contributed by atoms with Crippen LogP contribution in [0, 0.1) is 0 Å². The minimum atomic E-state index is -1.96. The molecular weight excluding hydrogens is 1150 g/mol. The van der Waals surface area contributed by atoms with E-state index in [1.807, 2.05) is 30.3 Å². The highest BCUT2D eigenvalue weighted by molar-refractivity contribution is 9.09. The second-order valence-corrected chi connectivity index (χ2v) is 19.9. The Balaban J connectivity index is 1.37. The Kier molecular flexibility index (Phi) is 22.6. The van der Waals surface area contributed by atoms with Gasteiger partial charge in [0.05, 0.1) is 37.6 Å². The van der Waals surface area contributed by atoms with Gasteiger partial charge in [0, 0.05) is 53.8 Å².